The van der Waals surface area contributed by atoms with Gasteiger partial charge in [0.15, 0.2) is 0 Å². The van der Waals surface area contributed by atoms with Crippen molar-refractivity contribution in [2.24, 2.45) is 5.41 Å². The molecule has 0 heterocycles. The highest BCUT2D eigenvalue weighted by molar-refractivity contribution is 5.81. The Balaban J connectivity index is 3.31. The fourth-order valence-corrected chi connectivity index (χ4v) is 2.73. The largest absolute Gasteiger partial charge is 0.379 e. The summed E-state index contributed by atoms with van der Waals surface area (Å²) in [6.07, 6.45) is 7.00. The van der Waals surface area contributed by atoms with Gasteiger partial charge >= 0.3 is 0 Å². The molecule has 0 radical (unpaired) electrons. The van der Waals surface area contributed by atoms with Gasteiger partial charge in [0.25, 0.3) is 0 Å². The molecule has 7 nitrogen and oxygen atoms in total. The molecule has 3 N–H and O–H groups in total. The Morgan fingerprint density at radius 3 is 1.71 bits per heavy atom. The second-order valence-electron chi connectivity index (χ2n) is 10.1. The van der Waals surface area contributed by atoms with Crippen LogP contribution in [0.15, 0.2) is 0 Å². The second kappa shape index (κ2) is 17.4. The van der Waals surface area contributed by atoms with E-state index >= 15 is 0 Å². The van der Waals surface area contributed by atoms with Crippen LogP contribution in [0.3, 0.4) is 0 Å². The molecule has 0 atom stereocenters. The number of nitrogens with one attached hydrogen (secondary N) is 3. The number of ether oxygens (including phenoxy) is 2. The minimum atomic E-state index is -0.311. The molecule has 0 aliphatic heterocycles. The molecule has 0 fully saturated rings. The zero-order chi connectivity index (χ0) is 23.6. The van der Waals surface area contributed by atoms with Crippen molar-refractivity contribution >= 4 is 11.8 Å². The van der Waals surface area contributed by atoms with Gasteiger partial charge in [-0.3, -0.25) is 9.59 Å². The van der Waals surface area contributed by atoms with Crippen molar-refractivity contribution in [2.45, 2.75) is 92.0 Å². The molecular weight excluding hydrogens is 394 g/mol. The number of amides is 2. The predicted molar refractivity (Wildman–Crippen MR) is 127 cm³/mol. The lowest BCUT2D eigenvalue weighted by Crippen LogP contribution is -2.38. The van der Waals surface area contributed by atoms with Crippen LogP contribution in [-0.4, -0.2) is 63.4 Å². The summed E-state index contributed by atoms with van der Waals surface area (Å²) in [5.41, 5.74) is -0.200. The van der Waals surface area contributed by atoms with Crippen LogP contribution in [0, 0.1) is 5.41 Å². The molecule has 0 bridgehead atoms. The Morgan fingerprint density at radius 1 is 0.645 bits per heavy atom. The normalized spacial score (nSPS) is 12.1. The summed E-state index contributed by atoms with van der Waals surface area (Å²) in [5.74, 6) is 0.163. The van der Waals surface area contributed by atoms with Crippen molar-refractivity contribution in [1.29, 1.82) is 0 Å². The smallest absolute Gasteiger partial charge is 0.225 e. The molecule has 0 rings (SSSR count). The van der Waals surface area contributed by atoms with E-state index in [4.69, 9.17) is 9.47 Å². The molecule has 0 saturated carbocycles. The number of carbonyl (C=O) groups excluding carboxylic acids is 2. The molecule has 0 saturated heterocycles. The first kappa shape index (κ1) is 29.8. The Morgan fingerprint density at radius 2 is 1.16 bits per heavy atom. The Labute approximate surface area is 190 Å². The molecule has 0 aromatic rings. The van der Waals surface area contributed by atoms with E-state index in [0.29, 0.717) is 32.8 Å². The van der Waals surface area contributed by atoms with E-state index in [2.05, 4.69) is 36.7 Å². The van der Waals surface area contributed by atoms with Crippen molar-refractivity contribution in [1.82, 2.24) is 16.0 Å². The Kier molecular flexibility index (Phi) is 16.7. The number of rotatable bonds is 18. The molecular formula is C24H49N3O4. The van der Waals surface area contributed by atoms with Gasteiger partial charge in [-0.15, -0.1) is 0 Å². The quantitative estimate of drug-likeness (QED) is 0.283. The van der Waals surface area contributed by atoms with Gasteiger partial charge in [-0.1, -0.05) is 46.5 Å². The zero-order valence-corrected chi connectivity index (χ0v) is 21.0. The molecule has 0 aliphatic carbocycles. The van der Waals surface area contributed by atoms with Gasteiger partial charge in [0.1, 0.15) is 0 Å². The van der Waals surface area contributed by atoms with Crippen molar-refractivity contribution in [3.8, 4) is 0 Å². The molecule has 2 amide bonds. The highest BCUT2D eigenvalue weighted by atomic mass is 16.5. The maximum Gasteiger partial charge on any atom is 0.225 e. The lowest BCUT2D eigenvalue weighted by Gasteiger charge is -2.20. The number of unbranched alkanes of at least 4 members (excludes halogenated alkanes) is 5. The molecule has 184 valence electrons. The Bertz CT molecular complexity index is 470. The van der Waals surface area contributed by atoms with Crippen molar-refractivity contribution in [3.05, 3.63) is 0 Å². The highest BCUT2D eigenvalue weighted by Crippen LogP contribution is 2.12. The van der Waals surface area contributed by atoms with Crippen LogP contribution < -0.4 is 16.0 Å². The van der Waals surface area contributed by atoms with Gasteiger partial charge in [-0.25, -0.2) is 0 Å². The summed E-state index contributed by atoms with van der Waals surface area (Å²) >= 11 is 0. The molecule has 0 unspecified atom stereocenters. The number of hydrogen-bond acceptors (Lipinski definition) is 5. The maximum atomic E-state index is 11.8. The van der Waals surface area contributed by atoms with Crippen LogP contribution >= 0.6 is 0 Å². The zero-order valence-electron chi connectivity index (χ0n) is 21.0. The summed E-state index contributed by atoms with van der Waals surface area (Å²) in [7, 11) is 0. The lowest BCUT2D eigenvalue weighted by molar-refractivity contribution is -0.128. The first-order chi connectivity index (χ1) is 14.5. The molecule has 31 heavy (non-hydrogen) atoms. The van der Waals surface area contributed by atoms with Crippen LogP contribution in [-0.2, 0) is 19.1 Å². The monoisotopic (exact) mass is 443 g/mol. The van der Waals surface area contributed by atoms with Crippen LogP contribution in [0.1, 0.15) is 86.5 Å². The third-order valence-corrected chi connectivity index (χ3v) is 4.64. The van der Waals surface area contributed by atoms with Crippen molar-refractivity contribution in [3.63, 3.8) is 0 Å². The second-order valence-corrected chi connectivity index (χ2v) is 10.1. The summed E-state index contributed by atoms with van der Waals surface area (Å²) in [5, 5.41) is 9.29. The standard InChI is InChI=1S/C24H49N3O4/c1-23(2,3)22(29)26-15-12-10-8-7-9-11-14-25-21(28)13-17-30-19-20-31-18-16-27-24(4,5)6/h27H,7-20H2,1-6H3,(H,25,28)(H,26,29). The van der Waals surface area contributed by atoms with Gasteiger partial charge in [0, 0.05) is 37.0 Å². The molecule has 7 heteroatoms. The van der Waals surface area contributed by atoms with Gasteiger partial charge < -0.3 is 25.4 Å². The van der Waals surface area contributed by atoms with Gasteiger partial charge in [-0.2, -0.15) is 0 Å². The SMILES string of the molecule is CC(C)(C)NCCOCCOCCC(=O)NCCCCCCCCNC(=O)C(C)(C)C. The van der Waals surface area contributed by atoms with Gasteiger partial charge in [0.2, 0.25) is 11.8 Å². The van der Waals surface area contributed by atoms with Gasteiger partial charge in [-0.05, 0) is 33.6 Å². The predicted octanol–water partition coefficient (Wildman–Crippen LogP) is 3.42. The topological polar surface area (TPSA) is 88.7 Å². The number of hydrogen-bond donors (Lipinski definition) is 3. The summed E-state index contributed by atoms with van der Waals surface area (Å²) in [6, 6.07) is 0. The fourth-order valence-electron chi connectivity index (χ4n) is 2.73. The van der Waals surface area contributed by atoms with Crippen molar-refractivity contribution < 1.29 is 19.1 Å². The van der Waals surface area contributed by atoms with E-state index in [1.807, 2.05) is 20.8 Å². The summed E-state index contributed by atoms with van der Waals surface area (Å²) in [4.78, 5) is 23.5. The van der Waals surface area contributed by atoms with E-state index in [9.17, 15) is 9.59 Å². The highest BCUT2D eigenvalue weighted by Gasteiger charge is 2.19. The maximum absolute atomic E-state index is 11.8. The van der Waals surface area contributed by atoms with E-state index in [1.165, 1.54) is 6.42 Å². The fraction of sp³-hybridized carbons (Fsp3) is 0.917. The van der Waals surface area contributed by atoms with E-state index in [0.717, 1.165) is 51.7 Å². The lowest BCUT2D eigenvalue weighted by atomic mass is 9.96. The molecule has 0 aromatic heterocycles. The van der Waals surface area contributed by atoms with Crippen LogP contribution in [0.25, 0.3) is 0 Å². The first-order valence-corrected chi connectivity index (χ1v) is 12.0. The summed E-state index contributed by atoms with van der Waals surface area (Å²) < 4.78 is 10.9. The van der Waals surface area contributed by atoms with Crippen LogP contribution in [0.4, 0.5) is 0 Å². The van der Waals surface area contributed by atoms with Crippen molar-refractivity contribution in [2.75, 3.05) is 46.1 Å². The molecule has 0 spiro atoms. The average molecular weight is 444 g/mol. The molecule has 0 aromatic carbocycles. The average Bonchev–Trinajstić information content (AvgIpc) is 2.66. The third kappa shape index (κ3) is 21.8. The minimum absolute atomic E-state index is 0.0462. The van der Waals surface area contributed by atoms with Crippen LogP contribution in [0.5, 0.6) is 0 Å². The summed E-state index contributed by atoms with van der Waals surface area (Å²) in [6.45, 7) is 16.6. The minimum Gasteiger partial charge on any atom is -0.379 e. The van der Waals surface area contributed by atoms with E-state index in [1.54, 1.807) is 0 Å². The van der Waals surface area contributed by atoms with Crippen LogP contribution in [0.2, 0.25) is 0 Å². The molecule has 0 aliphatic rings. The third-order valence-electron chi connectivity index (χ3n) is 4.64. The number of carbonyl (C=O) groups is 2. The van der Waals surface area contributed by atoms with E-state index in [-0.39, 0.29) is 22.8 Å². The van der Waals surface area contributed by atoms with Gasteiger partial charge in [0.05, 0.1) is 26.4 Å². The first-order valence-electron chi connectivity index (χ1n) is 12.0. The Hall–Kier alpha value is -1.18. The van der Waals surface area contributed by atoms with E-state index < -0.39 is 0 Å².